The van der Waals surface area contributed by atoms with Gasteiger partial charge in [-0.2, -0.15) is 0 Å². The molecule has 0 amide bonds. The normalized spacial score (nSPS) is 10.2. The molecule has 0 radical (unpaired) electrons. The Hall–Kier alpha value is -2.36. The molecule has 0 fully saturated rings. The first-order valence-electron chi connectivity index (χ1n) is 5.94. The average molecular weight is 259 g/mol. The zero-order valence-corrected chi connectivity index (χ0v) is 10.5. The van der Waals surface area contributed by atoms with Crippen LogP contribution in [0.15, 0.2) is 42.5 Å². The minimum atomic E-state index is -0.539. The van der Waals surface area contributed by atoms with Gasteiger partial charge in [-0.1, -0.05) is 0 Å². The van der Waals surface area contributed by atoms with Gasteiger partial charge in [0.25, 0.3) is 0 Å². The Morgan fingerprint density at radius 3 is 2.37 bits per heavy atom. The monoisotopic (exact) mass is 259 g/mol. The predicted molar refractivity (Wildman–Crippen MR) is 71.9 cm³/mol. The largest absolute Gasteiger partial charge is 0.491 e. The SMILES string of the molecule is CCOc1ccc(C(=O)c2ccc(N)cc2)cc1F. The molecule has 0 saturated heterocycles. The summed E-state index contributed by atoms with van der Waals surface area (Å²) in [5.74, 6) is -0.638. The second kappa shape index (κ2) is 5.52. The van der Waals surface area contributed by atoms with E-state index in [0.29, 0.717) is 17.9 Å². The van der Waals surface area contributed by atoms with Gasteiger partial charge in [0, 0.05) is 16.8 Å². The highest BCUT2D eigenvalue weighted by Gasteiger charge is 2.12. The van der Waals surface area contributed by atoms with Crippen molar-refractivity contribution in [1.29, 1.82) is 0 Å². The minimum Gasteiger partial charge on any atom is -0.491 e. The Kier molecular flexibility index (Phi) is 3.80. The molecule has 2 aromatic rings. The van der Waals surface area contributed by atoms with Crippen LogP contribution in [-0.4, -0.2) is 12.4 Å². The Morgan fingerprint density at radius 2 is 1.79 bits per heavy atom. The molecule has 2 rings (SSSR count). The van der Waals surface area contributed by atoms with Crippen molar-refractivity contribution in [1.82, 2.24) is 0 Å². The van der Waals surface area contributed by atoms with Crippen molar-refractivity contribution in [2.45, 2.75) is 6.92 Å². The Labute approximate surface area is 110 Å². The number of carbonyl (C=O) groups is 1. The quantitative estimate of drug-likeness (QED) is 0.678. The molecular formula is C15H14FNO2. The summed E-state index contributed by atoms with van der Waals surface area (Å²) >= 11 is 0. The number of carbonyl (C=O) groups excluding carboxylic acids is 1. The van der Waals surface area contributed by atoms with Gasteiger partial charge < -0.3 is 10.5 Å². The molecule has 0 aliphatic heterocycles. The molecular weight excluding hydrogens is 245 g/mol. The summed E-state index contributed by atoms with van der Waals surface area (Å²) in [6.45, 7) is 2.15. The number of ether oxygens (including phenoxy) is 1. The van der Waals surface area contributed by atoms with Gasteiger partial charge in [0.05, 0.1) is 6.61 Å². The molecule has 0 aliphatic rings. The van der Waals surface area contributed by atoms with Crippen LogP contribution >= 0.6 is 0 Å². The third-order valence-corrected chi connectivity index (χ3v) is 2.67. The maximum Gasteiger partial charge on any atom is 0.193 e. The lowest BCUT2D eigenvalue weighted by atomic mass is 10.0. The molecule has 0 unspecified atom stereocenters. The molecule has 2 N–H and O–H groups in total. The van der Waals surface area contributed by atoms with Crippen LogP contribution in [0.1, 0.15) is 22.8 Å². The van der Waals surface area contributed by atoms with Gasteiger partial charge in [-0.15, -0.1) is 0 Å². The van der Waals surface area contributed by atoms with E-state index in [1.165, 1.54) is 12.1 Å². The van der Waals surface area contributed by atoms with E-state index in [2.05, 4.69) is 0 Å². The molecule has 98 valence electrons. The van der Waals surface area contributed by atoms with Crippen LogP contribution < -0.4 is 10.5 Å². The number of nitrogen functional groups attached to an aromatic ring is 1. The third-order valence-electron chi connectivity index (χ3n) is 2.67. The topological polar surface area (TPSA) is 52.3 Å². The zero-order valence-electron chi connectivity index (χ0n) is 10.5. The smallest absolute Gasteiger partial charge is 0.193 e. The lowest BCUT2D eigenvalue weighted by Crippen LogP contribution is -2.03. The summed E-state index contributed by atoms with van der Waals surface area (Å²) in [6, 6.07) is 10.7. The highest BCUT2D eigenvalue weighted by Crippen LogP contribution is 2.20. The number of nitrogens with two attached hydrogens (primary N) is 1. The lowest BCUT2D eigenvalue weighted by molar-refractivity contribution is 0.103. The number of ketones is 1. The molecule has 0 heterocycles. The number of anilines is 1. The molecule has 19 heavy (non-hydrogen) atoms. The Morgan fingerprint density at radius 1 is 1.16 bits per heavy atom. The predicted octanol–water partition coefficient (Wildman–Crippen LogP) is 3.04. The lowest BCUT2D eigenvalue weighted by Gasteiger charge is -2.06. The summed E-state index contributed by atoms with van der Waals surface area (Å²) in [4.78, 5) is 12.1. The maximum atomic E-state index is 13.7. The molecule has 0 aliphatic carbocycles. The average Bonchev–Trinajstić information content (AvgIpc) is 2.41. The minimum absolute atomic E-state index is 0.149. The van der Waals surface area contributed by atoms with Crippen molar-refractivity contribution in [3.05, 3.63) is 59.4 Å². The highest BCUT2D eigenvalue weighted by atomic mass is 19.1. The van der Waals surface area contributed by atoms with Gasteiger partial charge in [0.1, 0.15) is 0 Å². The van der Waals surface area contributed by atoms with E-state index in [0.717, 1.165) is 0 Å². The van der Waals surface area contributed by atoms with Crippen molar-refractivity contribution in [2.75, 3.05) is 12.3 Å². The van der Waals surface area contributed by atoms with Gasteiger partial charge in [0.2, 0.25) is 0 Å². The first-order valence-corrected chi connectivity index (χ1v) is 5.94. The molecule has 3 nitrogen and oxygen atoms in total. The van der Waals surface area contributed by atoms with E-state index < -0.39 is 5.82 Å². The van der Waals surface area contributed by atoms with Crippen molar-refractivity contribution in [3.8, 4) is 5.75 Å². The first-order chi connectivity index (χ1) is 9.11. The second-order valence-corrected chi connectivity index (χ2v) is 4.03. The maximum absolute atomic E-state index is 13.7. The van der Waals surface area contributed by atoms with Crippen molar-refractivity contribution in [3.63, 3.8) is 0 Å². The van der Waals surface area contributed by atoms with Crippen molar-refractivity contribution in [2.24, 2.45) is 0 Å². The number of benzene rings is 2. The van der Waals surface area contributed by atoms with Gasteiger partial charge in [-0.3, -0.25) is 4.79 Å². The molecule has 0 atom stereocenters. The van der Waals surface area contributed by atoms with E-state index in [1.54, 1.807) is 37.3 Å². The van der Waals surface area contributed by atoms with E-state index >= 15 is 0 Å². The number of hydrogen-bond donors (Lipinski definition) is 1. The van der Waals surface area contributed by atoms with Crippen LogP contribution in [0.5, 0.6) is 5.75 Å². The van der Waals surface area contributed by atoms with E-state index in [9.17, 15) is 9.18 Å². The number of rotatable bonds is 4. The molecule has 0 saturated carbocycles. The summed E-state index contributed by atoms with van der Waals surface area (Å²) in [6.07, 6.45) is 0. The summed E-state index contributed by atoms with van der Waals surface area (Å²) in [7, 11) is 0. The molecule has 0 spiro atoms. The van der Waals surface area contributed by atoms with Crippen LogP contribution in [0, 0.1) is 5.82 Å². The Balaban J connectivity index is 2.29. The zero-order chi connectivity index (χ0) is 13.8. The van der Waals surface area contributed by atoms with Crippen LogP contribution in [0.2, 0.25) is 0 Å². The molecule has 0 bridgehead atoms. The van der Waals surface area contributed by atoms with Crippen molar-refractivity contribution >= 4 is 11.5 Å². The highest BCUT2D eigenvalue weighted by molar-refractivity contribution is 6.09. The fourth-order valence-corrected chi connectivity index (χ4v) is 1.72. The van der Waals surface area contributed by atoms with E-state index in [4.69, 9.17) is 10.5 Å². The summed E-state index contributed by atoms with van der Waals surface area (Å²) < 4.78 is 18.8. The summed E-state index contributed by atoms with van der Waals surface area (Å²) in [5, 5.41) is 0. The van der Waals surface area contributed by atoms with Crippen LogP contribution in [0.4, 0.5) is 10.1 Å². The van der Waals surface area contributed by atoms with Crippen molar-refractivity contribution < 1.29 is 13.9 Å². The second-order valence-electron chi connectivity index (χ2n) is 4.03. The fraction of sp³-hybridized carbons (Fsp3) is 0.133. The Bertz CT molecular complexity index is 594. The van der Waals surface area contributed by atoms with Crippen LogP contribution in [0.25, 0.3) is 0 Å². The van der Waals surface area contributed by atoms with Gasteiger partial charge in [0.15, 0.2) is 17.3 Å². The number of halogens is 1. The van der Waals surface area contributed by atoms with Crippen LogP contribution in [-0.2, 0) is 0 Å². The van der Waals surface area contributed by atoms with E-state index in [-0.39, 0.29) is 17.1 Å². The standard InChI is InChI=1S/C15H14FNO2/c1-2-19-14-8-5-11(9-13(14)16)15(18)10-3-6-12(17)7-4-10/h3-9H,2,17H2,1H3. The van der Waals surface area contributed by atoms with Gasteiger partial charge in [-0.25, -0.2) is 4.39 Å². The molecule has 2 aromatic carbocycles. The molecule has 4 heteroatoms. The number of hydrogen-bond acceptors (Lipinski definition) is 3. The summed E-state index contributed by atoms with van der Waals surface area (Å²) in [5.41, 5.74) is 6.89. The van der Waals surface area contributed by atoms with Gasteiger partial charge >= 0.3 is 0 Å². The van der Waals surface area contributed by atoms with Gasteiger partial charge in [-0.05, 0) is 49.4 Å². The fourth-order valence-electron chi connectivity index (χ4n) is 1.72. The third kappa shape index (κ3) is 2.91. The molecule has 0 aromatic heterocycles. The van der Waals surface area contributed by atoms with Crippen LogP contribution in [0.3, 0.4) is 0 Å². The van der Waals surface area contributed by atoms with E-state index in [1.807, 2.05) is 0 Å². The first kappa shape index (κ1) is 13.1.